The lowest BCUT2D eigenvalue weighted by atomic mass is 9.77. The standard InChI is InChI=1S/C14H18N2S/c1-10-5-4-8-14(15,9-10)13-16-11-6-2-3-7-12(11)17-13/h2-3,6-7,10H,4-5,8-9,15H2,1H3. The Balaban J connectivity index is 2.02. The Kier molecular flexibility index (Phi) is 2.68. The minimum atomic E-state index is -0.179. The highest BCUT2D eigenvalue weighted by atomic mass is 32.1. The first-order valence-corrected chi connectivity index (χ1v) is 7.14. The van der Waals surface area contributed by atoms with E-state index in [9.17, 15) is 0 Å². The smallest absolute Gasteiger partial charge is 0.114 e. The molecule has 3 heteroatoms. The van der Waals surface area contributed by atoms with Gasteiger partial charge in [-0.3, -0.25) is 0 Å². The van der Waals surface area contributed by atoms with E-state index < -0.39 is 0 Å². The van der Waals surface area contributed by atoms with Crippen LogP contribution in [0.4, 0.5) is 0 Å². The van der Waals surface area contributed by atoms with E-state index in [2.05, 4.69) is 25.1 Å². The third-order valence-corrected chi connectivity index (χ3v) is 5.01. The fraction of sp³-hybridized carbons (Fsp3) is 0.500. The first-order chi connectivity index (χ1) is 8.17. The summed E-state index contributed by atoms with van der Waals surface area (Å²) in [5.41, 5.74) is 7.50. The Hall–Kier alpha value is -0.930. The fourth-order valence-corrected chi connectivity index (χ4v) is 3.98. The van der Waals surface area contributed by atoms with Gasteiger partial charge in [-0.2, -0.15) is 0 Å². The van der Waals surface area contributed by atoms with Gasteiger partial charge in [0.15, 0.2) is 0 Å². The van der Waals surface area contributed by atoms with Crippen molar-refractivity contribution in [2.75, 3.05) is 0 Å². The number of hydrogen-bond acceptors (Lipinski definition) is 3. The molecule has 2 aromatic rings. The molecule has 1 saturated carbocycles. The van der Waals surface area contributed by atoms with Crippen molar-refractivity contribution in [2.24, 2.45) is 11.7 Å². The van der Waals surface area contributed by atoms with E-state index in [0.717, 1.165) is 29.3 Å². The van der Waals surface area contributed by atoms with Crippen molar-refractivity contribution < 1.29 is 0 Å². The predicted molar refractivity (Wildman–Crippen MR) is 73.1 cm³/mol. The number of fused-ring (bicyclic) bond motifs is 1. The van der Waals surface area contributed by atoms with Crippen LogP contribution < -0.4 is 5.73 Å². The second-order valence-corrected chi connectivity index (χ2v) is 6.38. The summed E-state index contributed by atoms with van der Waals surface area (Å²) in [6.45, 7) is 2.30. The minimum Gasteiger partial charge on any atom is -0.319 e. The lowest BCUT2D eigenvalue weighted by Gasteiger charge is -2.35. The van der Waals surface area contributed by atoms with Crippen LogP contribution in [0, 0.1) is 5.92 Å². The second-order valence-electron chi connectivity index (χ2n) is 5.34. The van der Waals surface area contributed by atoms with Crippen LogP contribution >= 0.6 is 11.3 Å². The number of aromatic nitrogens is 1. The largest absolute Gasteiger partial charge is 0.319 e. The molecule has 0 spiro atoms. The molecule has 2 nitrogen and oxygen atoms in total. The summed E-state index contributed by atoms with van der Waals surface area (Å²) < 4.78 is 1.26. The molecule has 2 atom stereocenters. The molecule has 0 bridgehead atoms. The number of nitrogens with two attached hydrogens (primary N) is 1. The quantitative estimate of drug-likeness (QED) is 0.834. The molecule has 0 amide bonds. The number of thiazole rings is 1. The minimum absolute atomic E-state index is 0.179. The van der Waals surface area contributed by atoms with Crippen molar-refractivity contribution in [3.8, 4) is 0 Å². The zero-order valence-corrected chi connectivity index (χ0v) is 11.0. The van der Waals surface area contributed by atoms with Crippen LogP contribution in [-0.4, -0.2) is 4.98 Å². The molecule has 0 saturated heterocycles. The van der Waals surface area contributed by atoms with Crippen molar-refractivity contribution in [1.29, 1.82) is 0 Å². The molecule has 2 N–H and O–H groups in total. The van der Waals surface area contributed by atoms with Crippen LogP contribution in [0.5, 0.6) is 0 Å². The second kappa shape index (κ2) is 4.07. The SMILES string of the molecule is CC1CCCC(N)(c2nc3ccccc3s2)C1. The molecule has 1 aliphatic carbocycles. The van der Waals surface area contributed by atoms with Gasteiger partial charge in [0.25, 0.3) is 0 Å². The molecule has 1 fully saturated rings. The van der Waals surface area contributed by atoms with E-state index in [1.807, 2.05) is 6.07 Å². The summed E-state index contributed by atoms with van der Waals surface area (Å²) >= 11 is 1.77. The highest BCUT2D eigenvalue weighted by Gasteiger charge is 2.35. The monoisotopic (exact) mass is 246 g/mol. The zero-order chi connectivity index (χ0) is 11.9. The van der Waals surface area contributed by atoms with E-state index in [-0.39, 0.29) is 5.54 Å². The Bertz CT molecular complexity index is 501. The van der Waals surface area contributed by atoms with Crippen molar-refractivity contribution in [2.45, 2.75) is 38.1 Å². The van der Waals surface area contributed by atoms with E-state index in [4.69, 9.17) is 10.7 Å². The summed E-state index contributed by atoms with van der Waals surface area (Å²) in [5, 5.41) is 1.13. The number of rotatable bonds is 1. The highest BCUT2D eigenvalue weighted by molar-refractivity contribution is 7.18. The van der Waals surface area contributed by atoms with Crippen molar-refractivity contribution in [3.63, 3.8) is 0 Å². The van der Waals surface area contributed by atoms with E-state index in [1.165, 1.54) is 17.5 Å². The van der Waals surface area contributed by atoms with Crippen LogP contribution in [0.3, 0.4) is 0 Å². The molecular formula is C14H18N2S. The zero-order valence-electron chi connectivity index (χ0n) is 10.1. The molecule has 1 aromatic heterocycles. The van der Waals surface area contributed by atoms with Crippen LogP contribution in [-0.2, 0) is 5.54 Å². The predicted octanol–water partition coefficient (Wildman–Crippen LogP) is 3.66. The Morgan fingerprint density at radius 1 is 1.41 bits per heavy atom. The number of hydrogen-bond donors (Lipinski definition) is 1. The van der Waals surface area contributed by atoms with Gasteiger partial charge in [-0.1, -0.05) is 31.9 Å². The molecule has 1 aliphatic rings. The maximum Gasteiger partial charge on any atom is 0.114 e. The maximum atomic E-state index is 6.58. The first-order valence-electron chi connectivity index (χ1n) is 6.32. The topological polar surface area (TPSA) is 38.9 Å². The number of nitrogens with zero attached hydrogens (tertiary/aromatic N) is 1. The molecule has 1 heterocycles. The van der Waals surface area contributed by atoms with Crippen molar-refractivity contribution in [1.82, 2.24) is 4.98 Å². The van der Waals surface area contributed by atoms with Crippen LogP contribution in [0.25, 0.3) is 10.2 Å². The van der Waals surface area contributed by atoms with Gasteiger partial charge in [0.05, 0.1) is 15.8 Å². The van der Waals surface area contributed by atoms with E-state index in [1.54, 1.807) is 11.3 Å². The summed E-state index contributed by atoms with van der Waals surface area (Å²) in [6.07, 6.45) is 4.70. The van der Waals surface area contributed by atoms with Gasteiger partial charge in [0.2, 0.25) is 0 Å². The van der Waals surface area contributed by atoms with E-state index in [0.29, 0.717) is 0 Å². The molecule has 0 aliphatic heterocycles. The molecular weight excluding hydrogens is 228 g/mol. The lowest BCUT2D eigenvalue weighted by molar-refractivity contribution is 0.239. The van der Waals surface area contributed by atoms with Gasteiger partial charge in [-0.15, -0.1) is 11.3 Å². The molecule has 1 aromatic carbocycles. The summed E-state index contributed by atoms with van der Waals surface area (Å²) in [5.74, 6) is 0.723. The third kappa shape index (κ3) is 1.98. The molecule has 2 unspecified atom stereocenters. The van der Waals surface area contributed by atoms with Gasteiger partial charge in [0, 0.05) is 0 Å². The van der Waals surface area contributed by atoms with Gasteiger partial charge in [-0.05, 0) is 30.9 Å². The molecule has 3 rings (SSSR count). The maximum absolute atomic E-state index is 6.58. The summed E-state index contributed by atoms with van der Waals surface area (Å²) in [7, 11) is 0. The summed E-state index contributed by atoms with van der Waals surface area (Å²) in [6, 6.07) is 8.31. The molecule has 0 radical (unpaired) electrons. The van der Waals surface area contributed by atoms with Crippen LogP contribution in [0.2, 0.25) is 0 Å². The summed E-state index contributed by atoms with van der Waals surface area (Å²) in [4.78, 5) is 4.74. The average Bonchev–Trinajstić information content (AvgIpc) is 2.73. The van der Waals surface area contributed by atoms with Gasteiger partial charge in [-0.25, -0.2) is 4.98 Å². The lowest BCUT2D eigenvalue weighted by Crippen LogP contribution is -2.40. The van der Waals surface area contributed by atoms with Crippen LogP contribution in [0.15, 0.2) is 24.3 Å². The number of para-hydroxylation sites is 1. The Morgan fingerprint density at radius 3 is 3.00 bits per heavy atom. The highest BCUT2D eigenvalue weighted by Crippen LogP contribution is 2.40. The van der Waals surface area contributed by atoms with E-state index >= 15 is 0 Å². The van der Waals surface area contributed by atoms with Crippen LogP contribution in [0.1, 0.15) is 37.6 Å². The normalized spacial score (nSPS) is 29.6. The molecule has 17 heavy (non-hydrogen) atoms. The van der Waals surface area contributed by atoms with Gasteiger partial charge >= 0.3 is 0 Å². The van der Waals surface area contributed by atoms with Gasteiger partial charge < -0.3 is 5.73 Å². The van der Waals surface area contributed by atoms with Gasteiger partial charge in [0.1, 0.15) is 5.01 Å². The first kappa shape index (κ1) is 11.2. The third-order valence-electron chi connectivity index (χ3n) is 3.75. The van der Waals surface area contributed by atoms with Crippen molar-refractivity contribution >= 4 is 21.6 Å². The Labute approximate surface area is 106 Å². The fourth-order valence-electron chi connectivity index (χ4n) is 2.87. The van der Waals surface area contributed by atoms with Crippen molar-refractivity contribution in [3.05, 3.63) is 29.3 Å². The molecule has 90 valence electrons. The Morgan fingerprint density at radius 2 is 2.24 bits per heavy atom. The number of benzene rings is 1. The average molecular weight is 246 g/mol.